The molecule has 160 valence electrons. The third-order valence-electron chi connectivity index (χ3n) is 4.40. The Bertz CT molecular complexity index is 1110. The number of nitrogens with one attached hydrogen (secondary N) is 1. The normalized spacial score (nSPS) is 10.4. The van der Waals surface area contributed by atoms with Crippen LogP contribution in [0.15, 0.2) is 23.1 Å². The van der Waals surface area contributed by atoms with Crippen molar-refractivity contribution in [3.8, 4) is 6.07 Å². The second-order valence-corrected chi connectivity index (χ2v) is 6.70. The van der Waals surface area contributed by atoms with Crippen LogP contribution < -0.4 is 22.3 Å². The molecule has 0 spiro atoms. The van der Waals surface area contributed by atoms with Gasteiger partial charge in [0.25, 0.3) is 5.56 Å². The average molecular weight is 431 g/mol. The fourth-order valence-electron chi connectivity index (χ4n) is 2.92. The average Bonchev–Trinajstić information content (AvgIpc) is 3.04. The lowest BCUT2D eigenvalue weighted by Gasteiger charge is -2.11. The molecule has 0 saturated carbocycles. The van der Waals surface area contributed by atoms with Crippen molar-refractivity contribution in [2.75, 3.05) is 24.1 Å². The summed E-state index contributed by atoms with van der Waals surface area (Å²) >= 11 is 6.23. The SMILES string of the molecule is CC.Cc1nn2c(N)c(C#N)c(NCCc3cccn(CCCN)c3=O)nc2c1Cl. The van der Waals surface area contributed by atoms with Crippen molar-refractivity contribution in [2.45, 2.75) is 40.2 Å². The molecular formula is C20H27ClN8O. The lowest BCUT2D eigenvalue weighted by atomic mass is 10.2. The second kappa shape index (κ2) is 10.6. The maximum Gasteiger partial charge on any atom is 0.253 e. The minimum absolute atomic E-state index is 0.0457. The lowest BCUT2D eigenvalue weighted by Crippen LogP contribution is -2.25. The van der Waals surface area contributed by atoms with E-state index in [0.717, 1.165) is 6.42 Å². The van der Waals surface area contributed by atoms with E-state index >= 15 is 0 Å². The first-order valence-electron chi connectivity index (χ1n) is 9.84. The molecule has 0 radical (unpaired) electrons. The van der Waals surface area contributed by atoms with Crippen LogP contribution in [0, 0.1) is 18.3 Å². The monoisotopic (exact) mass is 430 g/mol. The number of hydrogen-bond donors (Lipinski definition) is 3. The molecule has 0 fully saturated rings. The van der Waals surface area contributed by atoms with Gasteiger partial charge in [-0.15, -0.1) is 0 Å². The molecule has 3 aromatic rings. The van der Waals surface area contributed by atoms with Crippen LogP contribution >= 0.6 is 11.6 Å². The molecule has 3 aromatic heterocycles. The highest BCUT2D eigenvalue weighted by Gasteiger charge is 2.18. The Morgan fingerprint density at radius 1 is 1.37 bits per heavy atom. The summed E-state index contributed by atoms with van der Waals surface area (Å²) in [4.78, 5) is 16.9. The third-order valence-corrected chi connectivity index (χ3v) is 4.85. The summed E-state index contributed by atoms with van der Waals surface area (Å²) in [6.45, 7) is 7.25. The van der Waals surface area contributed by atoms with E-state index in [2.05, 4.69) is 15.4 Å². The van der Waals surface area contributed by atoms with E-state index in [9.17, 15) is 10.1 Å². The van der Waals surface area contributed by atoms with Crippen LogP contribution in [0.25, 0.3) is 5.65 Å². The predicted molar refractivity (Wildman–Crippen MR) is 120 cm³/mol. The zero-order chi connectivity index (χ0) is 22.3. The number of anilines is 2. The molecule has 0 aliphatic carbocycles. The highest BCUT2D eigenvalue weighted by atomic mass is 35.5. The van der Waals surface area contributed by atoms with Gasteiger partial charge in [0.05, 0.1) is 5.69 Å². The Balaban J connectivity index is 0.00000155. The van der Waals surface area contributed by atoms with E-state index in [-0.39, 0.29) is 16.9 Å². The fourth-order valence-corrected chi connectivity index (χ4v) is 3.08. The number of aromatic nitrogens is 4. The summed E-state index contributed by atoms with van der Waals surface area (Å²) < 4.78 is 3.01. The third kappa shape index (κ3) is 4.72. The number of aryl methyl sites for hydroxylation is 2. The van der Waals surface area contributed by atoms with Crippen LogP contribution in [0.5, 0.6) is 0 Å². The van der Waals surface area contributed by atoms with Crippen molar-refractivity contribution in [1.29, 1.82) is 5.26 Å². The Hall–Kier alpha value is -3.09. The molecule has 0 aliphatic heterocycles. The van der Waals surface area contributed by atoms with Gasteiger partial charge in [0.15, 0.2) is 5.65 Å². The number of nitriles is 1. The topological polar surface area (TPSA) is 140 Å². The molecule has 9 nitrogen and oxygen atoms in total. The van der Waals surface area contributed by atoms with Crippen molar-refractivity contribution in [3.05, 3.63) is 50.5 Å². The first kappa shape index (κ1) is 23.2. The van der Waals surface area contributed by atoms with Gasteiger partial charge in [-0.25, -0.2) is 4.98 Å². The highest BCUT2D eigenvalue weighted by Crippen LogP contribution is 2.27. The van der Waals surface area contributed by atoms with Crippen molar-refractivity contribution >= 4 is 28.9 Å². The molecule has 5 N–H and O–H groups in total. The van der Waals surface area contributed by atoms with Gasteiger partial charge in [0.2, 0.25) is 0 Å². The molecule has 0 aliphatic rings. The van der Waals surface area contributed by atoms with Gasteiger partial charge < -0.3 is 21.4 Å². The van der Waals surface area contributed by atoms with Crippen LogP contribution in [0.4, 0.5) is 11.6 Å². The predicted octanol–water partition coefficient (Wildman–Crippen LogP) is 2.34. The van der Waals surface area contributed by atoms with E-state index in [1.54, 1.807) is 23.8 Å². The molecule has 0 saturated heterocycles. The van der Waals surface area contributed by atoms with Gasteiger partial charge in [-0.1, -0.05) is 31.5 Å². The Morgan fingerprint density at radius 2 is 2.10 bits per heavy atom. The molecule has 0 unspecified atom stereocenters. The Kier molecular flexibility index (Phi) is 8.21. The van der Waals surface area contributed by atoms with E-state index in [4.69, 9.17) is 23.1 Å². The zero-order valence-electron chi connectivity index (χ0n) is 17.4. The van der Waals surface area contributed by atoms with Gasteiger partial charge >= 0.3 is 0 Å². The minimum atomic E-state index is -0.0457. The standard InChI is InChI=1S/C18H21ClN8O.C2H6/c1-11-14(19)17-24-16(13(10-21)15(22)27(17)25-11)23-7-5-12-4-2-8-26(18(12)28)9-3-6-20;1-2/h2,4,8H,3,5-7,9,20,22H2,1H3,(H,23,24);1-2H3. The van der Waals surface area contributed by atoms with Crippen LogP contribution in [-0.2, 0) is 13.0 Å². The van der Waals surface area contributed by atoms with Crippen molar-refractivity contribution in [1.82, 2.24) is 19.2 Å². The smallest absolute Gasteiger partial charge is 0.253 e. The number of rotatable bonds is 7. The van der Waals surface area contributed by atoms with Gasteiger partial charge in [0, 0.05) is 24.8 Å². The summed E-state index contributed by atoms with van der Waals surface area (Å²) in [6.07, 6.45) is 2.96. The summed E-state index contributed by atoms with van der Waals surface area (Å²) in [7, 11) is 0. The molecule has 10 heteroatoms. The summed E-state index contributed by atoms with van der Waals surface area (Å²) in [5, 5.41) is 17.1. The number of pyridine rings is 1. The van der Waals surface area contributed by atoms with E-state index in [1.165, 1.54) is 4.52 Å². The van der Waals surface area contributed by atoms with Crippen LogP contribution in [0.3, 0.4) is 0 Å². The van der Waals surface area contributed by atoms with Crippen molar-refractivity contribution < 1.29 is 0 Å². The molecule has 30 heavy (non-hydrogen) atoms. The summed E-state index contributed by atoms with van der Waals surface area (Å²) in [5.41, 5.74) is 13.3. The number of hydrogen-bond acceptors (Lipinski definition) is 7. The van der Waals surface area contributed by atoms with Crippen LogP contribution in [0.2, 0.25) is 5.02 Å². The summed E-state index contributed by atoms with van der Waals surface area (Å²) in [5.74, 6) is 0.475. The number of nitrogens with two attached hydrogens (primary N) is 2. The van der Waals surface area contributed by atoms with Crippen LogP contribution in [0.1, 0.15) is 37.1 Å². The number of nitrogen functional groups attached to an aromatic ring is 1. The quantitative estimate of drug-likeness (QED) is 0.522. The Morgan fingerprint density at radius 3 is 2.77 bits per heavy atom. The van der Waals surface area contributed by atoms with E-state index in [0.29, 0.717) is 53.8 Å². The lowest BCUT2D eigenvalue weighted by molar-refractivity contribution is 0.624. The minimum Gasteiger partial charge on any atom is -0.382 e. The first-order chi connectivity index (χ1) is 14.5. The molecular weight excluding hydrogens is 404 g/mol. The summed E-state index contributed by atoms with van der Waals surface area (Å²) in [6, 6.07) is 5.67. The van der Waals surface area contributed by atoms with Gasteiger partial charge in [-0.3, -0.25) is 4.79 Å². The molecule has 0 aromatic carbocycles. The number of halogens is 1. The largest absolute Gasteiger partial charge is 0.382 e. The number of fused-ring (bicyclic) bond motifs is 1. The van der Waals surface area contributed by atoms with Crippen LogP contribution in [-0.4, -0.2) is 32.3 Å². The first-order valence-corrected chi connectivity index (χ1v) is 10.2. The molecule has 3 rings (SSSR count). The molecule has 3 heterocycles. The Labute approximate surface area is 180 Å². The van der Waals surface area contributed by atoms with Gasteiger partial charge in [-0.2, -0.15) is 14.9 Å². The fraction of sp³-hybridized carbons (Fsp3) is 0.400. The zero-order valence-corrected chi connectivity index (χ0v) is 18.2. The maximum absolute atomic E-state index is 12.5. The van der Waals surface area contributed by atoms with Crippen molar-refractivity contribution in [2.24, 2.45) is 5.73 Å². The molecule has 0 bridgehead atoms. The second-order valence-electron chi connectivity index (χ2n) is 6.32. The van der Waals surface area contributed by atoms with Gasteiger partial charge in [-0.05, 0) is 32.4 Å². The molecule has 0 atom stereocenters. The van der Waals surface area contributed by atoms with E-state index < -0.39 is 0 Å². The van der Waals surface area contributed by atoms with E-state index in [1.807, 2.05) is 26.0 Å². The molecule has 0 amide bonds. The number of nitrogens with zero attached hydrogens (tertiary/aromatic N) is 5. The highest BCUT2D eigenvalue weighted by molar-refractivity contribution is 6.34. The maximum atomic E-state index is 12.5. The van der Waals surface area contributed by atoms with Gasteiger partial charge in [0.1, 0.15) is 28.3 Å². The van der Waals surface area contributed by atoms with Crippen molar-refractivity contribution in [3.63, 3.8) is 0 Å².